The maximum Gasteiger partial charge on any atom is 0.269 e. The molecule has 0 saturated carbocycles. The fourth-order valence-electron chi connectivity index (χ4n) is 2.09. The lowest BCUT2D eigenvalue weighted by Crippen LogP contribution is -2.25. The van der Waals surface area contributed by atoms with Gasteiger partial charge >= 0.3 is 0 Å². The first-order valence-corrected chi connectivity index (χ1v) is 9.48. The molecule has 0 aliphatic heterocycles. The Morgan fingerprint density at radius 3 is 2.16 bits per heavy atom. The SMILES string of the molecule is O=[N+]([O-])c1ccc(NCCCCNS(=O)(=O)c2ccc(Cl)cc2)cc1. The molecule has 0 aromatic heterocycles. The van der Waals surface area contributed by atoms with Crippen molar-refractivity contribution in [3.05, 3.63) is 63.7 Å². The summed E-state index contributed by atoms with van der Waals surface area (Å²) in [6.45, 7) is 0.966. The van der Waals surface area contributed by atoms with Gasteiger partial charge in [0.2, 0.25) is 10.0 Å². The molecule has 0 unspecified atom stereocenters. The second-order valence-electron chi connectivity index (χ2n) is 5.29. The number of non-ortho nitro benzene ring substituents is 1. The minimum absolute atomic E-state index is 0.0437. The van der Waals surface area contributed by atoms with E-state index >= 15 is 0 Å². The lowest BCUT2D eigenvalue weighted by atomic mass is 10.2. The van der Waals surface area contributed by atoms with Gasteiger partial charge in [0.1, 0.15) is 0 Å². The Hall–Kier alpha value is -2.16. The average molecular weight is 384 g/mol. The lowest BCUT2D eigenvalue weighted by molar-refractivity contribution is -0.384. The van der Waals surface area contributed by atoms with E-state index in [4.69, 9.17) is 11.6 Å². The molecule has 0 spiro atoms. The lowest BCUT2D eigenvalue weighted by Gasteiger charge is -2.08. The Labute approximate surface area is 151 Å². The first kappa shape index (κ1) is 19.2. The Balaban J connectivity index is 1.69. The number of sulfonamides is 1. The van der Waals surface area contributed by atoms with Crippen molar-refractivity contribution in [2.45, 2.75) is 17.7 Å². The smallest absolute Gasteiger partial charge is 0.269 e. The molecular weight excluding hydrogens is 366 g/mol. The Kier molecular flexibility index (Phi) is 6.74. The number of nitrogens with zero attached hydrogens (tertiary/aromatic N) is 1. The van der Waals surface area contributed by atoms with Crippen LogP contribution in [-0.4, -0.2) is 26.4 Å². The molecule has 0 aliphatic carbocycles. The molecule has 2 rings (SSSR count). The van der Waals surface area contributed by atoms with Crippen LogP contribution in [0.4, 0.5) is 11.4 Å². The fraction of sp³-hybridized carbons (Fsp3) is 0.250. The van der Waals surface area contributed by atoms with Gasteiger partial charge in [0.15, 0.2) is 0 Å². The van der Waals surface area contributed by atoms with Crippen LogP contribution >= 0.6 is 11.6 Å². The summed E-state index contributed by atoms with van der Waals surface area (Å²) in [5.41, 5.74) is 0.828. The van der Waals surface area contributed by atoms with Crippen molar-refractivity contribution in [3.8, 4) is 0 Å². The summed E-state index contributed by atoms with van der Waals surface area (Å²) in [5, 5.41) is 14.2. The number of nitrogens with one attached hydrogen (secondary N) is 2. The zero-order chi connectivity index (χ0) is 18.3. The number of unbranched alkanes of at least 4 members (excludes halogenated alkanes) is 1. The molecule has 0 fully saturated rings. The predicted molar refractivity (Wildman–Crippen MR) is 97.5 cm³/mol. The number of hydrogen-bond donors (Lipinski definition) is 2. The third-order valence-electron chi connectivity index (χ3n) is 3.43. The molecule has 2 aromatic carbocycles. The van der Waals surface area contributed by atoms with Crippen molar-refractivity contribution in [3.63, 3.8) is 0 Å². The Bertz CT molecular complexity index is 808. The maximum absolute atomic E-state index is 12.1. The van der Waals surface area contributed by atoms with E-state index in [-0.39, 0.29) is 10.6 Å². The van der Waals surface area contributed by atoms with Crippen molar-refractivity contribution in [1.82, 2.24) is 4.72 Å². The number of halogens is 1. The van der Waals surface area contributed by atoms with Gasteiger partial charge in [0.25, 0.3) is 5.69 Å². The molecule has 2 aromatic rings. The second kappa shape index (κ2) is 8.80. The van der Waals surface area contributed by atoms with Gasteiger partial charge in [0.05, 0.1) is 9.82 Å². The van der Waals surface area contributed by atoms with E-state index in [9.17, 15) is 18.5 Å². The molecule has 0 amide bonds. The summed E-state index contributed by atoms with van der Waals surface area (Å²) in [4.78, 5) is 10.3. The number of anilines is 1. The van der Waals surface area contributed by atoms with Crippen LogP contribution in [0.1, 0.15) is 12.8 Å². The molecule has 2 N–H and O–H groups in total. The van der Waals surface area contributed by atoms with Gasteiger partial charge in [-0.1, -0.05) is 11.6 Å². The van der Waals surface area contributed by atoms with Crippen molar-refractivity contribution in [1.29, 1.82) is 0 Å². The van der Waals surface area contributed by atoms with Crippen molar-refractivity contribution >= 4 is 33.0 Å². The summed E-state index contributed by atoms with van der Waals surface area (Å²) in [6, 6.07) is 12.1. The van der Waals surface area contributed by atoms with Crippen LogP contribution in [0, 0.1) is 10.1 Å². The molecule has 25 heavy (non-hydrogen) atoms. The highest BCUT2D eigenvalue weighted by Crippen LogP contribution is 2.16. The minimum Gasteiger partial charge on any atom is -0.385 e. The maximum atomic E-state index is 12.1. The van der Waals surface area contributed by atoms with Crippen LogP contribution in [0.5, 0.6) is 0 Å². The molecular formula is C16H18ClN3O4S. The van der Waals surface area contributed by atoms with Crippen LogP contribution in [0.15, 0.2) is 53.4 Å². The highest BCUT2D eigenvalue weighted by Gasteiger charge is 2.12. The van der Waals surface area contributed by atoms with E-state index in [1.54, 1.807) is 12.1 Å². The highest BCUT2D eigenvalue weighted by atomic mass is 35.5. The zero-order valence-corrected chi connectivity index (χ0v) is 14.9. The summed E-state index contributed by atoms with van der Waals surface area (Å²) in [5.74, 6) is 0. The monoisotopic (exact) mass is 383 g/mol. The Morgan fingerprint density at radius 2 is 1.56 bits per heavy atom. The Morgan fingerprint density at radius 1 is 0.960 bits per heavy atom. The number of rotatable bonds is 9. The van der Waals surface area contributed by atoms with E-state index in [1.807, 2.05) is 0 Å². The molecule has 134 valence electrons. The number of nitro benzene ring substituents is 1. The van der Waals surface area contributed by atoms with Gasteiger partial charge in [0, 0.05) is 35.9 Å². The molecule has 0 bridgehead atoms. The molecule has 7 nitrogen and oxygen atoms in total. The van der Waals surface area contributed by atoms with Crippen LogP contribution < -0.4 is 10.0 Å². The van der Waals surface area contributed by atoms with E-state index in [2.05, 4.69) is 10.0 Å². The van der Waals surface area contributed by atoms with Crippen molar-refractivity contribution in [2.75, 3.05) is 18.4 Å². The van der Waals surface area contributed by atoms with Crippen molar-refractivity contribution in [2.24, 2.45) is 0 Å². The standard InChI is InChI=1S/C16H18ClN3O4S/c17-13-3-9-16(10-4-13)25(23,24)19-12-2-1-11-18-14-5-7-15(8-6-14)20(21)22/h3-10,18-19H,1-2,11-12H2. The van der Waals surface area contributed by atoms with Gasteiger partial charge < -0.3 is 5.32 Å². The molecule has 9 heteroatoms. The van der Waals surface area contributed by atoms with Crippen molar-refractivity contribution < 1.29 is 13.3 Å². The zero-order valence-electron chi connectivity index (χ0n) is 13.3. The van der Waals surface area contributed by atoms with E-state index in [0.717, 1.165) is 12.1 Å². The summed E-state index contributed by atoms with van der Waals surface area (Å²) >= 11 is 5.74. The average Bonchev–Trinajstić information content (AvgIpc) is 2.58. The topological polar surface area (TPSA) is 101 Å². The largest absolute Gasteiger partial charge is 0.385 e. The molecule has 0 atom stereocenters. The van der Waals surface area contributed by atoms with Gasteiger partial charge in [-0.2, -0.15) is 0 Å². The number of nitro groups is 1. The molecule has 0 radical (unpaired) electrons. The van der Waals surface area contributed by atoms with E-state index in [1.165, 1.54) is 36.4 Å². The first-order chi connectivity index (χ1) is 11.9. The fourth-order valence-corrected chi connectivity index (χ4v) is 3.29. The molecule has 0 heterocycles. The first-order valence-electron chi connectivity index (χ1n) is 7.62. The molecule has 0 aliphatic rings. The number of hydrogen-bond acceptors (Lipinski definition) is 5. The summed E-state index contributed by atoms with van der Waals surface area (Å²) < 4.78 is 26.7. The second-order valence-corrected chi connectivity index (χ2v) is 7.49. The normalized spacial score (nSPS) is 11.2. The van der Waals surface area contributed by atoms with Crippen LogP contribution in [0.3, 0.4) is 0 Å². The van der Waals surface area contributed by atoms with Crippen LogP contribution in [0.2, 0.25) is 5.02 Å². The summed E-state index contributed by atoms with van der Waals surface area (Å²) in [6.07, 6.45) is 1.41. The van der Waals surface area contributed by atoms with E-state index in [0.29, 0.717) is 24.5 Å². The third-order valence-corrected chi connectivity index (χ3v) is 5.16. The highest BCUT2D eigenvalue weighted by molar-refractivity contribution is 7.89. The van der Waals surface area contributed by atoms with Gasteiger partial charge in [-0.05, 0) is 49.2 Å². The van der Waals surface area contributed by atoms with E-state index < -0.39 is 14.9 Å². The predicted octanol–water partition coefficient (Wildman–Crippen LogP) is 3.42. The van der Waals surface area contributed by atoms with Crippen LogP contribution in [0.25, 0.3) is 0 Å². The molecule has 0 saturated heterocycles. The van der Waals surface area contributed by atoms with Crippen LogP contribution in [-0.2, 0) is 10.0 Å². The summed E-state index contributed by atoms with van der Waals surface area (Å²) in [7, 11) is -3.52. The third kappa shape index (κ3) is 6.00. The number of benzene rings is 2. The van der Waals surface area contributed by atoms with Gasteiger partial charge in [-0.15, -0.1) is 0 Å². The van der Waals surface area contributed by atoms with Gasteiger partial charge in [-0.25, -0.2) is 13.1 Å². The quantitative estimate of drug-likeness (QED) is 0.392. The minimum atomic E-state index is -3.52. The van der Waals surface area contributed by atoms with Gasteiger partial charge in [-0.3, -0.25) is 10.1 Å².